The van der Waals surface area contributed by atoms with Crippen LogP contribution in [0.1, 0.15) is 21.5 Å². The number of thiocarbonyl (C=S) groups is 1. The Bertz CT molecular complexity index is 1260. The van der Waals surface area contributed by atoms with Crippen molar-refractivity contribution in [1.29, 1.82) is 0 Å². The maximum atomic E-state index is 12.6. The lowest BCUT2D eigenvalue weighted by Gasteiger charge is -2.14. The summed E-state index contributed by atoms with van der Waals surface area (Å²) in [6.45, 7) is 3.97. The zero-order chi connectivity index (χ0) is 22.0. The molecule has 6 nitrogen and oxygen atoms in total. The first-order valence-electron chi connectivity index (χ1n) is 9.77. The Morgan fingerprint density at radius 3 is 2.58 bits per heavy atom. The van der Waals surface area contributed by atoms with Crippen molar-refractivity contribution in [2.24, 2.45) is 0 Å². The van der Waals surface area contributed by atoms with Gasteiger partial charge in [-0.2, -0.15) is 0 Å². The SMILES string of the molecule is COc1ccc(-c2nc3ccccc3[nH]2)cc1NC(=S)NC(=O)c1ccc(C)c(C)c1. The summed E-state index contributed by atoms with van der Waals surface area (Å²) in [5, 5.41) is 5.97. The molecular formula is C24H22N4O2S. The third-order valence-corrected chi connectivity index (χ3v) is 5.31. The van der Waals surface area contributed by atoms with E-state index in [-0.39, 0.29) is 11.0 Å². The van der Waals surface area contributed by atoms with Crippen LogP contribution >= 0.6 is 12.2 Å². The van der Waals surface area contributed by atoms with E-state index in [4.69, 9.17) is 17.0 Å². The van der Waals surface area contributed by atoms with Crippen LogP contribution in [0.2, 0.25) is 0 Å². The van der Waals surface area contributed by atoms with Crippen LogP contribution in [0.5, 0.6) is 5.75 Å². The lowest BCUT2D eigenvalue weighted by atomic mass is 10.1. The number of fused-ring (bicyclic) bond motifs is 1. The van der Waals surface area contributed by atoms with Crippen molar-refractivity contribution in [3.8, 4) is 17.1 Å². The Labute approximate surface area is 185 Å². The summed E-state index contributed by atoms with van der Waals surface area (Å²) in [5.74, 6) is 1.06. The lowest BCUT2D eigenvalue weighted by Crippen LogP contribution is -2.34. The first kappa shape index (κ1) is 20.6. The van der Waals surface area contributed by atoms with Crippen LogP contribution in [0.4, 0.5) is 5.69 Å². The van der Waals surface area contributed by atoms with Crippen molar-refractivity contribution in [3.05, 3.63) is 77.4 Å². The highest BCUT2D eigenvalue weighted by Gasteiger charge is 2.13. The number of nitrogens with one attached hydrogen (secondary N) is 3. The number of methoxy groups -OCH3 is 1. The molecule has 0 aliphatic carbocycles. The van der Waals surface area contributed by atoms with Gasteiger partial charge in [0.15, 0.2) is 5.11 Å². The molecule has 7 heteroatoms. The van der Waals surface area contributed by atoms with E-state index in [1.54, 1.807) is 13.2 Å². The second-order valence-corrected chi connectivity index (χ2v) is 7.63. The predicted molar refractivity (Wildman–Crippen MR) is 128 cm³/mol. The van der Waals surface area contributed by atoms with Gasteiger partial charge in [0.1, 0.15) is 11.6 Å². The lowest BCUT2D eigenvalue weighted by molar-refractivity contribution is 0.0977. The van der Waals surface area contributed by atoms with Gasteiger partial charge in [-0.3, -0.25) is 10.1 Å². The van der Waals surface area contributed by atoms with Crippen molar-refractivity contribution < 1.29 is 9.53 Å². The van der Waals surface area contributed by atoms with E-state index < -0.39 is 0 Å². The van der Waals surface area contributed by atoms with Crippen molar-refractivity contribution in [2.45, 2.75) is 13.8 Å². The number of carbonyl (C=O) groups excluding carboxylic acids is 1. The monoisotopic (exact) mass is 430 g/mol. The minimum atomic E-state index is -0.270. The average molecular weight is 431 g/mol. The molecule has 0 spiro atoms. The molecule has 1 heterocycles. The number of benzene rings is 3. The Hall–Kier alpha value is -3.71. The molecule has 0 bridgehead atoms. The van der Waals surface area contributed by atoms with Crippen LogP contribution in [0, 0.1) is 13.8 Å². The normalized spacial score (nSPS) is 10.7. The molecule has 4 aromatic rings. The summed E-state index contributed by atoms with van der Waals surface area (Å²) < 4.78 is 5.45. The van der Waals surface area contributed by atoms with Crippen LogP contribution in [-0.4, -0.2) is 28.1 Å². The summed E-state index contributed by atoms with van der Waals surface area (Å²) >= 11 is 5.37. The number of hydrogen-bond donors (Lipinski definition) is 3. The Balaban J connectivity index is 1.55. The second kappa shape index (κ2) is 8.57. The summed E-state index contributed by atoms with van der Waals surface area (Å²) in [6, 6.07) is 19.0. The van der Waals surface area contributed by atoms with Gasteiger partial charge < -0.3 is 15.0 Å². The van der Waals surface area contributed by atoms with E-state index in [1.165, 1.54) is 0 Å². The number of para-hydroxylation sites is 2. The first-order chi connectivity index (χ1) is 14.9. The fourth-order valence-corrected chi connectivity index (χ4v) is 3.46. The number of ether oxygens (including phenoxy) is 1. The van der Waals surface area contributed by atoms with Crippen molar-refractivity contribution in [3.63, 3.8) is 0 Å². The second-order valence-electron chi connectivity index (χ2n) is 7.22. The maximum Gasteiger partial charge on any atom is 0.257 e. The van der Waals surface area contributed by atoms with E-state index in [0.717, 1.165) is 33.5 Å². The molecule has 0 atom stereocenters. The predicted octanol–water partition coefficient (Wildman–Crippen LogP) is 4.98. The third-order valence-electron chi connectivity index (χ3n) is 5.11. The summed E-state index contributed by atoms with van der Waals surface area (Å²) in [6.07, 6.45) is 0. The number of H-pyrrole nitrogens is 1. The van der Waals surface area contributed by atoms with Gasteiger partial charge in [0.2, 0.25) is 0 Å². The van der Waals surface area contributed by atoms with Crippen LogP contribution < -0.4 is 15.4 Å². The fraction of sp³-hybridized carbons (Fsp3) is 0.125. The number of hydrogen-bond acceptors (Lipinski definition) is 4. The molecule has 1 aromatic heterocycles. The number of carbonyl (C=O) groups is 1. The van der Waals surface area contributed by atoms with Crippen LogP contribution in [0.15, 0.2) is 60.7 Å². The molecule has 3 N–H and O–H groups in total. The molecule has 0 unspecified atom stereocenters. The number of nitrogens with zero attached hydrogens (tertiary/aromatic N) is 1. The largest absolute Gasteiger partial charge is 0.495 e. The van der Waals surface area contributed by atoms with Gasteiger partial charge in [-0.1, -0.05) is 18.2 Å². The van der Waals surface area contributed by atoms with Gasteiger partial charge in [0.25, 0.3) is 5.91 Å². The number of aryl methyl sites for hydroxylation is 2. The van der Waals surface area contributed by atoms with E-state index in [9.17, 15) is 4.79 Å². The van der Waals surface area contributed by atoms with Gasteiger partial charge in [-0.05, 0) is 79.7 Å². The Morgan fingerprint density at radius 2 is 1.84 bits per heavy atom. The fourth-order valence-electron chi connectivity index (χ4n) is 3.25. The average Bonchev–Trinajstić information content (AvgIpc) is 3.20. The number of aromatic amines is 1. The van der Waals surface area contributed by atoms with E-state index >= 15 is 0 Å². The number of rotatable bonds is 4. The molecule has 0 fully saturated rings. The molecule has 0 saturated heterocycles. The minimum Gasteiger partial charge on any atom is -0.495 e. The zero-order valence-corrected chi connectivity index (χ0v) is 18.3. The Morgan fingerprint density at radius 1 is 1.03 bits per heavy atom. The summed E-state index contributed by atoms with van der Waals surface area (Å²) in [7, 11) is 1.58. The maximum absolute atomic E-state index is 12.6. The molecule has 0 radical (unpaired) electrons. The molecule has 156 valence electrons. The molecule has 3 aromatic carbocycles. The van der Waals surface area contributed by atoms with Crippen LogP contribution in [0.25, 0.3) is 22.4 Å². The molecule has 1 amide bonds. The molecule has 0 aliphatic rings. The van der Waals surface area contributed by atoms with Crippen molar-refractivity contribution in [1.82, 2.24) is 15.3 Å². The van der Waals surface area contributed by atoms with Crippen molar-refractivity contribution in [2.75, 3.05) is 12.4 Å². The van der Waals surface area contributed by atoms with Crippen LogP contribution in [-0.2, 0) is 0 Å². The van der Waals surface area contributed by atoms with E-state index in [0.29, 0.717) is 17.0 Å². The molecule has 4 rings (SSSR count). The highest BCUT2D eigenvalue weighted by atomic mass is 32.1. The number of amides is 1. The standard InChI is InChI=1S/C24H22N4O2S/c1-14-8-9-17(12-15(14)2)23(29)28-24(31)27-20-13-16(10-11-21(20)30-3)22-25-18-6-4-5-7-19(18)26-22/h4-13H,1-3H3,(H,25,26)(H2,27,28,29,31). The van der Waals surface area contributed by atoms with E-state index in [1.807, 2.05) is 68.4 Å². The summed E-state index contributed by atoms with van der Waals surface area (Å²) in [4.78, 5) is 20.5. The molecular weight excluding hydrogens is 408 g/mol. The smallest absolute Gasteiger partial charge is 0.257 e. The first-order valence-corrected chi connectivity index (χ1v) is 10.2. The Kier molecular flexibility index (Phi) is 5.68. The molecule has 31 heavy (non-hydrogen) atoms. The van der Waals surface area contributed by atoms with Gasteiger partial charge in [0.05, 0.1) is 23.8 Å². The molecule has 0 saturated carbocycles. The number of imidazole rings is 1. The van der Waals surface area contributed by atoms with Gasteiger partial charge in [-0.15, -0.1) is 0 Å². The highest BCUT2D eigenvalue weighted by molar-refractivity contribution is 7.80. The van der Waals surface area contributed by atoms with E-state index in [2.05, 4.69) is 20.6 Å². The number of anilines is 1. The summed E-state index contributed by atoms with van der Waals surface area (Å²) in [5.41, 5.74) is 6.07. The minimum absolute atomic E-state index is 0.184. The van der Waals surface area contributed by atoms with Gasteiger partial charge in [0, 0.05) is 11.1 Å². The van der Waals surface area contributed by atoms with Gasteiger partial charge >= 0.3 is 0 Å². The van der Waals surface area contributed by atoms with Crippen LogP contribution in [0.3, 0.4) is 0 Å². The third kappa shape index (κ3) is 4.41. The van der Waals surface area contributed by atoms with Gasteiger partial charge in [-0.25, -0.2) is 4.98 Å². The highest BCUT2D eigenvalue weighted by Crippen LogP contribution is 2.30. The topological polar surface area (TPSA) is 79.0 Å². The van der Waals surface area contributed by atoms with Crippen molar-refractivity contribution >= 4 is 40.0 Å². The quantitative estimate of drug-likeness (QED) is 0.398. The zero-order valence-electron chi connectivity index (χ0n) is 17.4. The number of aromatic nitrogens is 2. The molecule has 0 aliphatic heterocycles.